The molecule has 0 amide bonds. The van der Waals surface area contributed by atoms with Crippen LogP contribution in [0.5, 0.6) is 5.75 Å². The smallest absolute Gasteiger partial charge is 0.119 e. The van der Waals surface area contributed by atoms with Gasteiger partial charge in [0.05, 0.1) is 29.9 Å². The summed E-state index contributed by atoms with van der Waals surface area (Å²) in [7, 11) is 1.65. The average Bonchev–Trinajstić information content (AvgIpc) is 2.81. The number of rotatable bonds is 4. The van der Waals surface area contributed by atoms with Crippen LogP contribution < -0.4 is 4.74 Å². The van der Waals surface area contributed by atoms with Crippen molar-refractivity contribution in [2.75, 3.05) is 30.1 Å². The Morgan fingerprint density at radius 3 is 1.74 bits per heavy atom. The number of azo groups is 1. The summed E-state index contributed by atoms with van der Waals surface area (Å²) in [5.74, 6) is 7.58. The van der Waals surface area contributed by atoms with Crippen molar-refractivity contribution in [2.24, 2.45) is 10.2 Å². The van der Waals surface area contributed by atoms with E-state index in [1.807, 2.05) is 59.9 Å². The van der Waals surface area contributed by atoms with Crippen LogP contribution in [0.25, 0.3) is 11.1 Å². The molecule has 4 nitrogen and oxygen atoms in total. The van der Waals surface area contributed by atoms with Crippen LogP contribution in [-0.2, 0) is 11.5 Å². The molecule has 0 atom stereocenters. The molecule has 1 aliphatic heterocycles. The Kier molecular flexibility index (Phi) is 8.32. The van der Waals surface area contributed by atoms with E-state index in [1.165, 1.54) is 45.5 Å². The first-order chi connectivity index (χ1) is 15.3. The zero-order chi connectivity index (χ0) is 21.3. The lowest BCUT2D eigenvalue weighted by Gasteiger charge is -2.11. The van der Waals surface area contributed by atoms with Gasteiger partial charge in [0.25, 0.3) is 0 Å². The fourth-order valence-electron chi connectivity index (χ4n) is 3.14. The first-order valence-electron chi connectivity index (χ1n) is 10.2. The third kappa shape index (κ3) is 6.76. The van der Waals surface area contributed by atoms with Crippen molar-refractivity contribution < 1.29 is 4.74 Å². The summed E-state index contributed by atoms with van der Waals surface area (Å²) >= 11 is 6.01. The number of ether oxygens (including phenoxy) is 1. The monoisotopic (exact) mass is 467 g/mol. The maximum atomic E-state index is 5.18. The molecule has 0 fully saturated rings. The van der Waals surface area contributed by atoms with Gasteiger partial charge in [0, 0.05) is 34.5 Å². The van der Waals surface area contributed by atoms with Crippen LogP contribution in [0.4, 0.5) is 11.4 Å². The highest BCUT2D eigenvalue weighted by atomic mass is 32.2. The highest BCUT2D eigenvalue weighted by Crippen LogP contribution is 2.28. The number of fused-ring (bicyclic) bond motifs is 2. The molecule has 0 unspecified atom stereocenters. The van der Waals surface area contributed by atoms with Gasteiger partial charge in [-0.25, -0.2) is 0 Å². The number of pyridine rings is 1. The molecule has 2 aromatic carbocycles. The quantitative estimate of drug-likeness (QED) is 0.374. The van der Waals surface area contributed by atoms with Crippen molar-refractivity contribution in [1.29, 1.82) is 0 Å². The number of benzene rings is 2. The highest BCUT2D eigenvalue weighted by molar-refractivity contribution is 8.04. The van der Waals surface area contributed by atoms with Crippen molar-refractivity contribution in [3.63, 3.8) is 0 Å². The van der Waals surface area contributed by atoms with Crippen molar-refractivity contribution in [1.82, 2.24) is 4.98 Å². The minimum Gasteiger partial charge on any atom is -0.497 e. The van der Waals surface area contributed by atoms with Crippen LogP contribution in [-0.4, -0.2) is 35.1 Å². The minimum atomic E-state index is 0.801. The summed E-state index contributed by atoms with van der Waals surface area (Å²) in [5.41, 5.74) is 6.39. The van der Waals surface area contributed by atoms with Gasteiger partial charge in [-0.3, -0.25) is 4.98 Å². The lowest BCUT2D eigenvalue weighted by Crippen LogP contribution is -1.99. The number of thioether (sulfide) groups is 3. The molecule has 2 bridgehead atoms. The zero-order valence-electron chi connectivity index (χ0n) is 17.5. The van der Waals surface area contributed by atoms with Crippen LogP contribution in [0.1, 0.15) is 11.4 Å². The largest absolute Gasteiger partial charge is 0.497 e. The van der Waals surface area contributed by atoms with E-state index >= 15 is 0 Å². The fraction of sp³-hybridized carbons (Fsp3) is 0.292. The van der Waals surface area contributed by atoms with Gasteiger partial charge < -0.3 is 4.74 Å². The number of hydrogen-bond acceptors (Lipinski definition) is 7. The van der Waals surface area contributed by atoms with E-state index < -0.39 is 0 Å². The highest BCUT2D eigenvalue weighted by Gasteiger charge is 2.08. The fourth-order valence-corrected chi connectivity index (χ4v) is 6.23. The van der Waals surface area contributed by atoms with E-state index in [0.717, 1.165) is 28.6 Å². The van der Waals surface area contributed by atoms with Crippen LogP contribution in [0.15, 0.2) is 70.9 Å². The molecule has 31 heavy (non-hydrogen) atoms. The van der Waals surface area contributed by atoms with Gasteiger partial charge in [0.2, 0.25) is 0 Å². The number of methoxy groups -OCH3 is 1. The third-order valence-corrected chi connectivity index (χ3v) is 8.22. The molecule has 3 aromatic rings. The van der Waals surface area contributed by atoms with Crippen LogP contribution in [0, 0.1) is 0 Å². The Hall–Kier alpha value is -1.96. The van der Waals surface area contributed by atoms with E-state index in [1.54, 1.807) is 7.11 Å². The molecular weight excluding hydrogens is 442 g/mol. The first kappa shape index (κ1) is 22.2. The summed E-state index contributed by atoms with van der Waals surface area (Å²) in [6.45, 7) is 0. The Balaban J connectivity index is 1.50. The Labute approximate surface area is 196 Å². The molecule has 0 spiro atoms. The molecule has 0 saturated heterocycles. The number of aromatic nitrogens is 1. The van der Waals surface area contributed by atoms with Crippen LogP contribution >= 0.6 is 35.3 Å². The lowest BCUT2D eigenvalue weighted by atomic mass is 10.0. The maximum Gasteiger partial charge on any atom is 0.119 e. The second-order valence-electron chi connectivity index (χ2n) is 7.00. The Morgan fingerprint density at radius 1 is 0.677 bits per heavy atom. The van der Waals surface area contributed by atoms with Gasteiger partial charge in [-0.1, -0.05) is 12.1 Å². The molecule has 160 valence electrons. The van der Waals surface area contributed by atoms with E-state index in [2.05, 4.69) is 46.3 Å². The zero-order valence-corrected chi connectivity index (χ0v) is 19.9. The van der Waals surface area contributed by atoms with E-state index in [4.69, 9.17) is 9.72 Å². The summed E-state index contributed by atoms with van der Waals surface area (Å²) in [4.78, 5) is 4.89. The van der Waals surface area contributed by atoms with Gasteiger partial charge in [-0.15, -0.1) is 0 Å². The van der Waals surface area contributed by atoms with Gasteiger partial charge in [-0.05, 0) is 59.7 Å². The van der Waals surface area contributed by atoms with E-state index in [9.17, 15) is 0 Å². The molecule has 0 saturated carbocycles. The molecule has 0 aliphatic carbocycles. The molecule has 7 heteroatoms. The summed E-state index contributed by atoms with van der Waals surface area (Å²) in [5, 5.41) is 8.68. The second-order valence-corrected chi connectivity index (χ2v) is 10.4. The van der Waals surface area contributed by atoms with Crippen molar-refractivity contribution >= 4 is 46.7 Å². The van der Waals surface area contributed by atoms with Crippen LogP contribution in [0.2, 0.25) is 0 Å². The SMILES string of the molecule is COc1ccc(N=Nc2ccc(-c3cc4nc(c3)CSCCSCCSC4)cc2)cc1. The molecule has 0 radical (unpaired) electrons. The molecule has 2 heterocycles. The van der Waals surface area contributed by atoms with Gasteiger partial charge >= 0.3 is 0 Å². The van der Waals surface area contributed by atoms with Gasteiger partial charge in [0.1, 0.15) is 5.75 Å². The topological polar surface area (TPSA) is 46.8 Å². The predicted molar refractivity (Wildman–Crippen MR) is 136 cm³/mol. The first-order valence-corrected chi connectivity index (χ1v) is 13.7. The second kappa shape index (κ2) is 11.6. The van der Waals surface area contributed by atoms with E-state index in [0.29, 0.717) is 0 Å². The maximum absolute atomic E-state index is 5.18. The lowest BCUT2D eigenvalue weighted by molar-refractivity contribution is 0.415. The molecule has 1 aliphatic rings. The van der Waals surface area contributed by atoms with Crippen LogP contribution in [0.3, 0.4) is 0 Å². The number of hydrogen-bond donors (Lipinski definition) is 0. The number of nitrogens with zero attached hydrogens (tertiary/aromatic N) is 3. The van der Waals surface area contributed by atoms with E-state index in [-0.39, 0.29) is 0 Å². The Morgan fingerprint density at radius 2 is 1.19 bits per heavy atom. The van der Waals surface area contributed by atoms with Gasteiger partial charge in [0.15, 0.2) is 0 Å². The molecular formula is C24H25N3OS3. The molecule has 0 N–H and O–H groups in total. The molecule has 4 rings (SSSR count). The summed E-state index contributed by atoms with van der Waals surface area (Å²) in [6, 6.07) is 20.3. The normalized spacial score (nSPS) is 15.3. The third-order valence-electron chi connectivity index (χ3n) is 4.73. The van der Waals surface area contributed by atoms with Crippen molar-refractivity contribution in [3.8, 4) is 16.9 Å². The molecule has 1 aromatic heterocycles. The summed E-state index contributed by atoms with van der Waals surface area (Å²) < 4.78 is 5.18. The minimum absolute atomic E-state index is 0.801. The van der Waals surface area contributed by atoms with Gasteiger partial charge in [-0.2, -0.15) is 45.5 Å². The van der Waals surface area contributed by atoms with Crippen molar-refractivity contribution in [3.05, 3.63) is 72.1 Å². The van der Waals surface area contributed by atoms with Crippen molar-refractivity contribution in [2.45, 2.75) is 11.5 Å². The predicted octanol–water partition coefficient (Wildman–Crippen LogP) is 7.39. The average molecular weight is 468 g/mol. The summed E-state index contributed by atoms with van der Waals surface area (Å²) in [6.07, 6.45) is 0. The standard InChI is InChI=1S/C24H25N3OS3/c1-28-24-8-6-21(7-9-24)27-26-20-4-2-18(3-5-20)19-14-22-16-30-12-10-29-11-13-31-17-23(15-19)25-22/h2-9,14-15H,10-13,16-17H2,1H3. The Bertz CT molecular complexity index is 979.